The third-order valence-corrected chi connectivity index (χ3v) is 8.57. The fraction of sp³-hybridized carbons (Fsp3) is 0.429. The van der Waals surface area contributed by atoms with Crippen molar-refractivity contribution in [2.75, 3.05) is 7.11 Å². The molecule has 0 unspecified atom stereocenters. The summed E-state index contributed by atoms with van der Waals surface area (Å²) in [7, 11) is 1.77. The van der Waals surface area contributed by atoms with Crippen molar-refractivity contribution in [3.05, 3.63) is 94.0 Å². The van der Waals surface area contributed by atoms with E-state index in [0.717, 1.165) is 30.6 Å². The second kappa shape index (κ2) is 12.6. The molecule has 2 aliphatic rings. The van der Waals surface area contributed by atoms with Crippen molar-refractivity contribution in [1.29, 1.82) is 0 Å². The third kappa shape index (κ3) is 6.61. The fourth-order valence-corrected chi connectivity index (χ4v) is 6.42. The minimum Gasteiger partial charge on any atom is -0.496 e. The van der Waals surface area contributed by atoms with Gasteiger partial charge in [-0.25, -0.2) is 4.79 Å². The quantitative estimate of drug-likeness (QED) is 0.168. The van der Waals surface area contributed by atoms with Crippen molar-refractivity contribution in [2.45, 2.75) is 89.4 Å². The molecule has 2 saturated carbocycles. The van der Waals surface area contributed by atoms with Gasteiger partial charge in [-0.2, -0.15) is 0 Å². The first-order chi connectivity index (χ1) is 19.0. The summed E-state index contributed by atoms with van der Waals surface area (Å²) in [4.78, 5) is 24.9. The summed E-state index contributed by atoms with van der Waals surface area (Å²) in [6.45, 7) is 1.51. The largest absolute Gasteiger partial charge is 0.496 e. The van der Waals surface area contributed by atoms with Crippen molar-refractivity contribution in [3.63, 3.8) is 0 Å². The summed E-state index contributed by atoms with van der Waals surface area (Å²) in [5.74, 6) is 2.12. The van der Waals surface area contributed by atoms with Gasteiger partial charge >= 0.3 is 5.97 Å². The fourth-order valence-electron chi connectivity index (χ4n) is 6.42. The number of ether oxygens (including phenoxy) is 2. The van der Waals surface area contributed by atoms with Crippen LogP contribution >= 0.6 is 0 Å². The molecule has 0 spiro atoms. The van der Waals surface area contributed by atoms with Gasteiger partial charge in [0.2, 0.25) is 0 Å². The number of hydrogen-bond acceptors (Lipinski definition) is 4. The van der Waals surface area contributed by atoms with E-state index in [-0.39, 0.29) is 5.78 Å². The van der Waals surface area contributed by atoms with Gasteiger partial charge in [-0.1, -0.05) is 74.9 Å². The van der Waals surface area contributed by atoms with Crippen molar-refractivity contribution in [2.24, 2.45) is 0 Å². The lowest BCUT2D eigenvalue weighted by Gasteiger charge is -2.25. The first-order valence-corrected chi connectivity index (χ1v) is 14.6. The molecule has 4 nitrogen and oxygen atoms in total. The molecule has 4 heteroatoms. The zero-order valence-electron chi connectivity index (χ0n) is 23.3. The highest BCUT2D eigenvalue weighted by molar-refractivity contribution is 5.98. The third-order valence-electron chi connectivity index (χ3n) is 8.57. The van der Waals surface area contributed by atoms with Crippen LogP contribution in [0.5, 0.6) is 11.5 Å². The number of rotatable bonds is 8. The maximum Gasteiger partial charge on any atom is 0.343 e. The zero-order valence-corrected chi connectivity index (χ0v) is 23.3. The summed E-state index contributed by atoms with van der Waals surface area (Å²) in [5, 5.41) is 0. The molecule has 0 aliphatic heterocycles. The summed E-state index contributed by atoms with van der Waals surface area (Å²) in [5.41, 5.74) is 5.91. The predicted octanol–water partition coefficient (Wildman–Crippen LogP) is 8.80. The Kier molecular flexibility index (Phi) is 8.81. The van der Waals surface area contributed by atoms with Gasteiger partial charge in [-0.15, -0.1) is 0 Å². The van der Waals surface area contributed by atoms with Gasteiger partial charge in [0.15, 0.2) is 5.78 Å². The Bertz CT molecular complexity index is 1310. The highest BCUT2D eigenvalue weighted by Gasteiger charge is 2.23. The van der Waals surface area contributed by atoms with Gasteiger partial charge in [-0.3, -0.25) is 4.79 Å². The van der Waals surface area contributed by atoms with E-state index in [1.54, 1.807) is 31.4 Å². The standard InChI is InChI=1S/C35H40O4/c1-24(36)29-14-9-15-30(23-29)35(37)39-34-19-17-26(22-32(34)28-12-7-4-8-13-28)20-25-16-18-33(38-2)31(21-25)27-10-5-3-6-11-27/h9,14-19,21-23,27-28H,3-8,10-13,20H2,1-2H3. The van der Waals surface area contributed by atoms with E-state index in [0.29, 0.717) is 28.7 Å². The molecule has 0 N–H and O–H groups in total. The van der Waals surface area contributed by atoms with Crippen LogP contribution in [-0.2, 0) is 6.42 Å². The van der Waals surface area contributed by atoms with Crippen molar-refractivity contribution >= 4 is 11.8 Å². The van der Waals surface area contributed by atoms with E-state index in [1.807, 2.05) is 6.07 Å². The Morgan fingerprint density at radius 3 is 1.79 bits per heavy atom. The van der Waals surface area contributed by atoms with E-state index < -0.39 is 5.97 Å². The maximum absolute atomic E-state index is 13.1. The smallest absolute Gasteiger partial charge is 0.343 e. The van der Waals surface area contributed by atoms with Gasteiger partial charge in [0.25, 0.3) is 0 Å². The normalized spacial score (nSPS) is 16.6. The number of carbonyl (C=O) groups excluding carboxylic acids is 2. The highest BCUT2D eigenvalue weighted by atomic mass is 16.5. The van der Waals surface area contributed by atoms with Crippen molar-refractivity contribution < 1.29 is 19.1 Å². The SMILES string of the molecule is COc1ccc(Cc2ccc(OC(=O)c3cccc(C(C)=O)c3)c(C3CCCCC3)c2)cc1C1CCCCC1. The zero-order chi connectivity index (χ0) is 27.2. The first kappa shape index (κ1) is 27.2. The molecule has 0 saturated heterocycles. The summed E-state index contributed by atoms with van der Waals surface area (Å²) in [6, 6.07) is 19.8. The number of esters is 1. The number of methoxy groups -OCH3 is 1. The maximum atomic E-state index is 13.1. The molecule has 3 aromatic rings. The monoisotopic (exact) mass is 524 g/mol. The summed E-state index contributed by atoms with van der Waals surface area (Å²) >= 11 is 0. The molecular formula is C35H40O4. The second-order valence-electron chi connectivity index (χ2n) is 11.3. The molecule has 0 heterocycles. The van der Waals surface area contributed by atoms with E-state index in [9.17, 15) is 9.59 Å². The average Bonchev–Trinajstić information content (AvgIpc) is 2.98. The summed E-state index contributed by atoms with van der Waals surface area (Å²) in [6.07, 6.45) is 13.1. The minimum atomic E-state index is -0.421. The van der Waals surface area contributed by atoms with Crippen LogP contribution in [0.4, 0.5) is 0 Å². The molecule has 0 bridgehead atoms. The topological polar surface area (TPSA) is 52.6 Å². The molecule has 39 heavy (non-hydrogen) atoms. The number of ketones is 1. The Balaban J connectivity index is 1.41. The van der Waals surface area contributed by atoms with Crippen LogP contribution in [0.15, 0.2) is 60.7 Å². The Morgan fingerprint density at radius 2 is 1.23 bits per heavy atom. The average molecular weight is 525 g/mol. The molecule has 2 fully saturated rings. The number of hydrogen-bond donors (Lipinski definition) is 0. The molecular weight excluding hydrogens is 484 g/mol. The van der Waals surface area contributed by atoms with Gasteiger partial charge < -0.3 is 9.47 Å². The van der Waals surface area contributed by atoms with E-state index in [4.69, 9.17) is 9.47 Å². The van der Waals surface area contributed by atoms with E-state index in [2.05, 4.69) is 30.3 Å². The Hall–Kier alpha value is -3.40. The summed E-state index contributed by atoms with van der Waals surface area (Å²) < 4.78 is 11.7. The van der Waals surface area contributed by atoms with Crippen LogP contribution in [0, 0.1) is 0 Å². The molecule has 0 amide bonds. The number of carbonyl (C=O) groups is 2. The van der Waals surface area contributed by atoms with Gasteiger partial charge in [0.1, 0.15) is 11.5 Å². The molecule has 2 aliphatic carbocycles. The van der Waals surface area contributed by atoms with Crippen LogP contribution in [0.1, 0.15) is 126 Å². The van der Waals surface area contributed by atoms with Crippen molar-refractivity contribution in [3.8, 4) is 11.5 Å². The van der Waals surface area contributed by atoms with E-state index >= 15 is 0 Å². The lowest BCUT2D eigenvalue weighted by Crippen LogP contribution is -2.13. The number of benzene rings is 3. The van der Waals surface area contributed by atoms with Gasteiger partial charge in [0.05, 0.1) is 12.7 Å². The predicted molar refractivity (Wildman–Crippen MR) is 155 cm³/mol. The van der Waals surface area contributed by atoms with Crippen LogP contribution in [0.3, 0.4) is 0 Å². The van der Waals surface area contributed by atoms with Crippen LogP contribution < -0.4 is 9.47 Å². The Labute approximate surface area is 232 Å². The van der Waals surface area contributed by atoms with Gasteiger partial charge in [0, 0.05) is 5.56 Å². The Morgan fingerprint density at radius 1 is 0.692 bits per heavy atom. The minimum absolute atomic E-state index is 0.0675. The van der Waals surface area contributed by atoms with Crippen molar-refractivity contribution in [1.82, 2.24) is 0 Å². The van der Waals surface area contributed by atoms with Crippen LogP contribution in [0.25, 0.3) is 0 Å². The molecule has 204 valence electrons. The van der Waals surface area contributed by atoms with Gasteiger partial charge in [-0.05, 0) is 97.4 Å². The molecule has 0 aromatic heterocycles. The lowest BCUT2D eigenvalue weighted by molar-refractivity contribution is 0.0732. The molecule has 3 aromatic carbocycles. The molecule has 5 rings (SSSR count). The first-order valence-electron chi connectivity index (χ1n) is 14.6. The molecule has 0 radical (unpaired) electrons. The number of Topliss-reactive ketones (excluding diaryl/α,β-unsaturated/α-hetero) is 1. The second-order valence-corrected chi connectivity index (χ2v) is 11.3. The molecule has 0 atom stereocenters. The lowest BCUT2D eigenvalue weighted by atomic mass is 9.82. The highest BCUT2D eigenvalue weighted by Crippen LogP contribution is 2.40. The van der Waals surface area contributed by atoms with Crippen LogP contribution in [0.2, 0.25) is 0 Å². The van der Waals surface area contributed by atoms with E-state index in [1.165, 1.54) is 75.0 Å². The van der Waals surface area contributed by atoms with Crippen LogP contribution in [-0.4, -0.2) is 18.9 Å².